The SMILES string of the molecule is O=C(NC[C@H](c1ccsc1)n1cccn1)c1cc2ccccc2o1. The molecular formula is C18H15N3O2S. The Hall–Kier alpha value is -2.86. The first-order chi connectivity index (χ1) is 11.8. The molecule has 0 bridgehead atoms. The molecule has 1 aromatic carbocycles. The second-order valence-electron chi connectivity index (χ2n) is 5.42. The van der Waals surface area contributed by atoms with E-state index in [1.807, 2.05) is 52.7 Å². The number of amides is 1. The topological polar surface area (TPSA) is 60.1 Å². The minimum absolute atomic E-state index is 0.0421. The third kappa shape index (κ3) is 2.83. The smallest absolute Gasteiger partial charge is 0.287 e. The van der Waals surface area contributed by atoms with Crippen molar-refractivity contribution in [3.8, 4) is 0 Å². The minimum atomic E-state index is -0.224. The van der Waals surface area contributed by atoms with Gasteiger partial charge in [-0.15, -0.1) is 0 Å². The molecule has 5 nitrogen and oxygen atoms in total. The monoisotopic (exact) mass is 337 g/mol. The Kier molecular flexibility index (Phi) is 3.88. The predicted molar refractivity (Wildman–Crippen MR) is 93.2 cm³/mol. The molecule has 3 aromatic heterocycles. The number of fused-ring (bicyclic) bond motifs is 1. The molecule has 24 heavy (non-hydrogen) atoms. The fourth-order valence-electron chi connectivity index (χ4n) is 2.66. The number of carbonyl (C=O) groups excluding carboxylic acids is 1. The number of aromatic nitrogens is 2. The van der Waals surface area contributed by atoms with E-state index in [0.29, 0.717) is 17.9 Å². The number of carbonyl (C=O) groups is 1. The lowest BCUT2D eigenvalue weighted by Crippen LogP contribution is -2.31. The van der Waals surface area contributed by atoms with Crippen LogP contribution in [-0.2, 0) is 0 Å². The summed E-state index contributed by atoms with van der Waals surface area (Å²) in [5.41, 5.74) is 1.83. The summed E-state index contributed by atoms with van der Waals surface area (Å²) in [5, 5.41) is 12.3. The molecule has 0 spiro atoms. The average Bonchev–Trinajstić information content (AvgIpc) is 3.35. The van der Waals surface area contributed by atoms with Crippen LogP contribution in [0.25, 0.3) is 11.0 Å². The van der Waals surface area contributed by atoms with Gasteiger partial charge in [0.15, 0.2) is 5.76 Å². The van der Waals surface area contributed by atoms with Gasteiger partial charge in [0, 0.05) is 24.3 Å². The van der Waals surface area contributed by atoms with Crippen molar-refractivity contribution >= 4 is 28.2 Å². The number of nitrogens with zero attached hydrogens (tertiary/aromatic N) is 2. The Balaban J connectivity index is 1.52. The van der Waals surface area contributed by atoms with Crippen LogP contribution < -0.4 is 5.32 Å². The van der Waals surface area contributed by atoms with Crippen LogP contribution in [0.15, 0.2) is 70.0 Å². The van der Waals surface area contributed by atoms with Crippen LogP contribution in [0.4, 0.5) is 0 Å². The molecule has 0 aliphatic rings. The molecule has 0 saturated carbocycles. The quantitative estimate of drug-likeness (QED) is 0.604. The molecule has 0 aliphatic heterocycles. The third-order valence-electron chi connectivity index (χ3n) is 3.88. The van der Waals surface area contributed by atoms with Crippen LogP contribution in [0.5, 0.6) is 0 Å². The molecule has 120 valence electrons. The maximum atomic E-state index is 12.4. The van der Waals surface area contributed by atoms with Crippen LogP contribution in [0.2, 0.25) is 0 Å². The van der Waals surface area contributed by atoms with Gasteiger partial charge in [-0.25, -0.2) is 0 Å². The van der Waals surface area contributed by atoms with E-state index in [0.717, 1.165) is 10.9 Å². The van der Waals surface area contributed by atoms with Crippen molar-refractivity contribution in [3.63, 3.8) is 0 Å². The molecule has 6 heteroatoms. The van der Waals surface area contributed by atoms with Gasteiger partial charge in [0.2, 0.25) is 0 Å². The van der Waals surface area contributed by atoms with E-state index in [2.05, 4.69) is 15.8 Å². The maximum absolute atomic E-state index is 12.4. The van der Waals surface area contributed by atoms with E-state index in [1.165, 1.54) is 0 Å². The van der Waals surface area contributed by atoms with Gasteiger partial charge in [-0.3, -0.25) is 9.48 Å². The standard InChI is InChI=1S/C18H15N3O2S/c22-18(17-10-13-4-1-2-5-16(13)23-17)19-11-15(14-6-9-24-12-14)21-8-3-7-20-21/h1-10,12,15H,11H2,(H,19,22)/t15-/m1/s1. The van der Waals surface area contributed by atoms with E-state index in [-0.39, 0.29) is 11.9 Å². The van der Waals surface area contributed by atoms with Crippen molar-refractivity contribution in [1.82, 2.24) is 15.1 Å². The van der Waals surface area contributed by atoms with Crippen LogP contribution >= 0.6 is 11.3 Å². The molecule has 1 amide bonds. The number of hydrogen-bond donors (Lipinski definition) is 1. The lowest BCUT2D eigenvalue weighted by atomic mass is 10.1. The number of nitrogens with one attached hydrogen (secondary N) is 1. The van der Waals surface area contributed by atoms with E-state index in [1.54, 1.807) is 23.6 Å². The molecule has 0 aliphatic carbocycles. The average molecular weight is 337 g/mol. The second kappa shape index (κ2) is 6.33. The molecule has 0 unspecified atom stereocenters. The van der Waals surface area contributed by atoms with Crippen molar-refractivity contribution < 1.29 is 9.21 Å². The van der Waals surface area contributed by atoms with E-state index >= 15 is 0 Å². The number of hydrogen-bond acceptors (Lipinski definition) is 4. The Morgan fingerprint density at radius 2 is 2.21 bits per heavy atom. The van der Waals surface area contributed by atoms with Crippen LogP contribution in [0, 0.1) is 0 Å². The molecule has 0 fully saturated rings. The summed E-state index contributed by atoms with van der Waals surface area (Å²) in [5.74, 6) is 0.0966. The van der Waals surface area contributed by atoms with E-state index in [9.17, 15) is 4.79 Å². The summed E-state index contributed by atoms with van der Waals surface area (Å²) in [4.78, 5) is 12.4. The van der Waals surface area contributed by atoms with Gasteiger partial charge in [0.1, 0.15) is 5.58 Å². The highest BCUT2D eigenvalue weighted by Gasteiger charge is 2.18. The van der Waals surface area contributed by atoms with Gasteiger partial charge in [0.25, 0.3) is 5.91 Å². The molecule has 4 aromatic rings. The zero-order valence-corrected chi connectivity index (χ0v) is 13.6. The van der Waals surface area contributed by atoms with E-state index in [4.69, 9.17) is 4.42 Å². The van der Waals surface area contributed by atoms with Gasteiger partial charge in [-0.1, -0.05) is 18.2 Å². The zero-order valence-electron chi connectivity index (χ0n) is 12.8. The number of benzene rings is 1. The largest absolute Gasteiger partial charge is 0.451 e. The Bertz CT molecular complexity index is 875. The van der Waals surface area contributed by atoms with Crippen molar-refractivity contribution in [2.24, 2.45) is 0 Å². The fourth-order valence-corrected chi connectivity index (χ4v) is 3.37. The first-order valence-corrected chi connectivity index (χ1v) is 8.53. The van der Waals surface area contributed by atoms with Gasteiger partial charge >= 0.3 is 0 Å². The van der Waals surface area contributed by atoms with Crippen molar-refractivity contribution in [3.05, 3.63) is 76.9 Å². The zero-order chi connectivity index (χ0) is 16.4. The lowest BCUT2D eigenvalue weighted by molar-refractivity contribution is 0.0923. The number of para-hydroxylation sites is 1. The molecular weight excluding hydrogens is 322 g/mol. The summed E-state index contributed by atoms with van der Waals surface area (Å²) in [6.45, 7) is 0.439. The summed E-state index contributed by atoms with van der Waals surface area (Å²) < 4.78 is 7.46. The summed E-state index contributed by atoms with van der Waals surface area (Å²) in [6, 6.07) is 13.2. The first-order valence-electron chi connectivity index (χ1n) is 7.59. The molecule has 0 radical (unpaired) electrons. The Labute approximate surface area is 142 Å². The second-order valence-corrected chi connectivity index (χ2v) is 6.20. The Morgan fingerprint density at radius 1 is 1.29 bits per heavy atom. The molecule has 3 heterocycles. The third-order valence-corrected chi connectivity index (χ3v) is 4.58. The van der Waals surface area contributed by atoms with Crippen LogP contribution in [0.1, 0.15) is 22.2 Å². The van der Waals surface area contributed by atoms with Gasteiger partial charge in [-0.2, -0.15) is 16.4 Å². The molecule has 0 saturated heterocycles. The highest BCUT2D eigenvalue weighted by atomic mass is 32.1. The van der Waals surface area contributed by atoms with Gasteiger partial charge < -0.3 is 9.73 Å². The Morgan fingerprint density at radius 3 is 2.96 bits per heavy atom. The fraction of sp³-hybridized carbons (Fsp3) is 0.111. The highest BCUT2D eigenvalue weighted by Crippen LogP contribution is 2.21. The minimum Gasteiger partial charge on any atom is -0.451 e. The van der Waals surface area contributed by atoms with Crippen LogP contribution in [-0.4, -0.2) is 22.2 Å². The number of thiophene rings is 1. The molecule has 4 rings (SSSR count). The number of furan rings is 1. The summed E-state index contributed by atoms with van der Waals surface area (Å²) >= 11 is 1.63. The first kappa shape index (κ1) is 14.7. The maximum Gasteiger partial charge on any atom is 0.287 e. The van der Waals surface area contributed by atoms with Crippen molar-refractivity contribution in [2.75, 3.05) is 6.54 Å². The van der Waals surface area contributed by atoms with E-state index < -0.39 is 0 Å². The number of rotatable bonds is 5. The van der Waals surface area contributed by atoms with Crippen molar-refractivity contribution in [1.29, 1.82) is 0 Å². The predicted octanol–water partition coefficient (Wildman–Crippen LogP) is 3.71. The van der Waals surface area contributed by atoms with Gasteiger partial charge in [-0.05, 0) is 40.6 Å². The summed E-state index contributed by atoms with van der Waals surface area (Å²) in [6.07, 6.45) is 3.64. The molecule has 1 atom stereocenters. The molecule has 1 N–H and O–H groups in total. The highest BCUT2D eigenvalue weighted by molar-refractivity contribution is 7.07. The normalized spacial score (nSPS) is 12.3. The van der Waals surface area contributed by atoms with Crippen molar-refractivity contribution in [2.45, 2.75) is 6.04 Å². The van der Waals surface area contributed by atoms with Gasteiger partial charge in [0.05, 0.1) is 6.04 Å². The van der Waals surface area contributed by atoms with Crippen LogP contribution in [0.3, 0.4) is 0 Å². The lowest BCUT2D eigenvalue weighted by Gasteiger charge is -2.17. The summed E-state index contributed by atoms with van der Waals surface area (Å²) in [7, 11) is 0.